The van der Waals surface area contributed by atoms with Crippen molar-refractivity contribution in [1.29, 1.82) is 0 Å². The molecule has 1 fully saturated rings. The maximum Gasteiger partial charge on any atom is 0.323 e. The van der Waals surface area contributed by atoms with Crippen molar-refractivity contribution in [2.45, 2.75) is 76.7 Å². The minimum atomic E-state index is -3.47. The van der Waals surface area contributed by atoms with Gasteiger partial charge in [0, 0.05) is 18.7 Å². The second-order valence-corrected chi connectivity index (χ2v) is 12.3. The van der Waals surface area contributed by atoms with Crippen LogP contribution in [-0.2, 0) is 35.4 Å². The van der Waals surface area contributed by atoms with E-state index in [0.717, 1.165) is 11.0 Å². The second-order valence-electron chi connectivity index (χ2n) is 9.13. The summed E-state index contributed by atoms with van der Waals surface area (Å²) in [7, 11) is 0. The number of carbonyl (C=O) groups excluding carboxylic acids is 2. The zero-order valence-corrected chi connectivity index (χ0v) is 23.7. The topological polar surface area (TPSA) is 159 Å². The van der Waals surface area contributed by atoms with E-state index in [0.29, 0.717) is 12.2 Å². The molecule has 39 heavy (non-hydrogen) atoms. The van der Waals surface area contributed by atoms with E-state index < -0.39 is 54.9 Å². The molecule has 2 heterocycles. The number of aliphatic hydroxyl groups is 3. The number of hydrogen-bond acceptors (Lipinski definition) is 11. The lowest BCUT2D eigenvalue weighted by atomic mass is 9.94. The molecule has 0 bridgehead atoms. The smallest absolute Gasteiger partial charge is 0.323 e. The molecule has 0 spiro atoms. The molecule has 1 saturated heterocycles. The van der Waals surface area contributed by atoms with Gasteiger partial charge in [-0.1, -0.05) is 31.0 Å². The highest BCUT2D eigenvalue weighted by Gasteiger charge is 2.58. The fourth-order valence-electron chi connectivity index (χ4n) is 3.76. The summed E-state index contributed by atoms with van der Waals surface area (Å²) in [4.78, 5) is 25.2. The van der Waals surface area contributed by atoms with Gasteiger partial charge in [-0.2, -0.15) is 0 Å². The molecule has 0 aliphatic carbocycles. The quantitative estimate of drug-likeness (QED) is 0.149. The summed E-state index contributed by atoms with van der Waals surface area (Å²) >= 11 is 5.69. The second kappa shape index (κ2) is 13.2. The van der Waals surface area contributed by atoms with Crippen LogP contribution in [0.25, 0.3) is 0 Å². The Morgan fingerprint density at radius 2 is 2.00 bits per heavy atom. The van der Waals surface area contributed by atoms with Gasteiger partial charge >= 0.3 is 12.6 Å². The van der Waals surface area contributed by atoms with Crippen molar-refractivity contribution in [1.82, 2.24) is 15.3 Å². The molecule has 3 rings (SSSR count). The van der Waals surface area contributed by atoms with Gasteiger partial charge in [-0.15, -0.1) is 5.92 Å². The van der Waals surface area contributed by atoms with E-state index in [4.69, 9.17) is 30.3 Å². The highest BCUT2D eigenvalue weighted by atomic mass is 32.5. The summed E-state index contributed by atoms with van der Waals surface area (Å²) in [6.07, 6.45) is -3.33. The Bertz CT molecular complexity index is 1160. The Morgan fingerprint density at radius 1 is 1.31 bits per heavy atom. The van der Waals surface area contributed by atoms with Gasteiger partial charge in [0.1, 0.15) is 24.0 Å². The number of hydrogen-bond donors (Lipinski definition) is 5. The predicted molar refractivity (Wildman–Crippen MR) is 144 cm³/mol. The highest BCUT2D eigenvalue weighted by Crippen LogP contribution is 2.46. The number of nitrogens with one attached hydrogen (secondary N) is 2. The van der Waals surface area contributed by atoms with E-state index in [9.17, 15) is 24.9 Å². The Kier molecular flexibility index (Phi) is 10.5. The first-order valence-corrected chi connectivity index (χ1v) is 15.0. The first-order chi connectivity index (χ1) is 18.4. The van der Waals surface area contributed by atoms with Crippen molar-refractivity contribution in [2.75, 3.05) is 6.61 Å². The van der Waals surface area contributed by atoms with Crippen LogP contribution in [0.3, 0.4) is 0 Å². The van der Waals surface area contributed by atoms with Gasteiger partial charge in [0.15, 0.2) is 11.8 Å². The normalized spacial score (nSPS) is 28.7. The predicted octanol–water partition coefficient (Wildman–Crippen LogP) is 0.688. The van der Waals surface area contributed by atoms with E-state index in [-0.39, 0.29) is 12.7 Å². The number of esters is 1. The van der Waals surface area contributed by atoms with Gasteiger partial charge < -0.3 is 44.1 Å². The number of rotatable bonds is 10. The Labute approximate surface area is 232 Å². The molecule has 0 saturated carbocycles. The highest BCUT2D eigenvalue weighted by molar-refractivity contribution is 8.09. The molecule has 1 amide bonds. The molecule has 1 aromatic rings. The molecule has 5 N–H and O–H groups in total. The van der Waals surface area contributed by atoms with Crippen LogP contribution >= 0.6 is 6.64 Å². The monoisotopic (exact) mass is 583 g/mol. The van der Waals surface area contributed by atoms with E-state index >= 15 is 0 Å². The maximum atomic E-state index is 12.5. The van der Waals surface area contributed by atoms with Crippen LogP contribution in [0, 0.1) is 11.8 Å². The van der Waals surface area contributed by atoms with Gasteiger partial charge in [0.25, 0.3) is 0 Å². The molecule has 14 heteroatoms. The van der Waals surface area contributed by atoms with Gasteiger partial charge in [-0.25, -0.2) is 5.09 Å². The van der Waals surface area contributed by atoms with Gasteiger partial charge in [-0.3, -0.25) is 9.59 Å². The number of benzene rings is 1. The molecule has 7 atom stereocenters. The molecule has 12 nitrogen and oxygen atoms in total. The van der Waals surface area contributed by atoms with E-state index in [1.54, 1.807) is 58.0 Å². The minimum absolute atomic E-state index is 0.347. The molecular formula is C25H34N3O9PS. The van der Waals surface area contributed by atoms with Crippen LogP contribution < -0.4 is 14.9 Å². The Morgan fingerprint density at radius 3 is 2.62 bits per heavy atom. The lowest BCUT2D eigenvalue weighted by Crippen LogP contribution is -2.60. The number of ether oxygens (including phenoxy) is 2. The Balaban J connectivity index is 1.84. The first kappa shape index (κ1) is 31.0. The van der Waals surface area contributed by atoms with Crippen LogP contribution in [0.4, 0.5) is 0 Å². The lowest BCUT2D eigenvalue weighted by molar-refractivity contribution is -0.164. The molecule has 0 aromatic heterocycles. The van der Waals surface area contributed by atoms with Crippen molar-refractivity contribution in [3.8, 4) is 17.6 Å². The van der Waals surface area contributed by atoms with Crippen LogP contribution in [-0.4, -0.2) is 81.2 Å². The third-order valence-corrected chi connectivity index (χ3v) is 8.11. The third-order valence-electron chi connectivity index (χ3n) is 5.61. The Hall–Kier alpha value is -2.53. The first-order valence-electron chi connectivity index (χ1n) is 12.4. The van der Waals surface area contributed by atoms with Crippen molar-refractivity contribution in [3.05, 3.63) is 42.6 Å². The van der Waals surface area contributed by atoms with Gasteiger partial charge in [0.2, 0.25) is 12.3 Å². The minimum Gasteiger partial charge on any atom is -0.462 e. The average Bonchev–Trinajstić information content (AvgIpc) is 3.11. The molecule has 1 aromatic carbocycles. The number of amides is 1. The molecular weight excluding hydrogens is 549 g/mol. The van der Waals surface area contributed by atoms with Gasteiger partial charge in [0.05, 0.1) is 12.7 Å². The van der Waals surface area contributed by atoms with Crippen LogP contribution in [0.1, 0.15) is 34.1 Å². The number of carbonyl (C=O) groups is 2. The zero-order valence-electron chi connectivity index (χ0n) is 22.0. The summed E-state index contributed by atoms with van der Waals surface area (Å²) in [5.74, 6) is 4.62. The van der Waals surface area contributed by atoms with Crippen molar-refractivity contribution >= 4 is 30.3 Å². The van der Waals surface area contributed by atoms with Crippen molar-refractivity contribution < 1.29 is 43.4 Å². The van der Waals surface area contributed by atoms with Crippen LogP contribution in [0.15, 0.2) is 42.6 Å². The zero-order chi connectivity index (χ0) is 28.8. The van der Waals surface area contributed by atoms with E-state index in [1.807, 2.05) is 0 Å². The van der Waals surface area contributed by atoms with Crippen molar-refractivity contribution in [2.24, 2.45) is 0 Å². The van der Waals surface area contributed by atoms with Crippen LogP contribution in [0.2, 0.25) is 0 Å². The summed E-state index contributed by atoms with van der Waals surface area (Å²) in [6.45, 7) is 2.90. The number of aliphatic hydroxyl groups excluding tert-OH is 2. The average molecular weight is 584 g/mol. The van der Waals surface area contributed by atoms with Crippen molar-refractivity contribution in [3.63, 3.8) is 0 Å². The maximum absolute atomic E-state index is 12.5. The van der Waals surface area contributed by atoms with E-state index in [1.165, 1.54) is 6.20 Å². The lowest BCUT2D eigenvalue weighted by Gasteiger charge is -2.38. The number of para-hydroxylation sites is 1. The summed E-state index contributed by atoms with van der Waals surface area (Å²) in [5, 5.41) is 38.0. The molecule has 3 unspecified atom stereocenters. The molecule has 2 aliphatic rings. The van der Waals surface area contributed by atoms with Gasteiger partial charge in [-0.05, 0) is 44.7 Å². The SMILES string of the molecule is CCC#C[C@@]1(O)[C@H](O)[C@@H](COP(=S)(NC(C)C(=O)OC(C)C)Oc2ccccc2)O[C@H]1N1C=CC(=O)NC1O. The van der Waals surface area contributed by atoms with E-state index in [2.05, 4.69) is 22.2 Å². The fourth-order valence-corrected chi connectivity index (χ4v) is 6.18. The molecule has 0 radical (unpaired) electrons. The number of nitrogens with zero attached hydrogens (tertiary/aromatic N) is 1. The molecule has 2 aliphatic heterocycles. The third kappa shape index (κ3) is 7.78. The summed E-state index contributed by atoms with van der Waals surface area (Å²) < 4.78 is 23.1. The fraction of sp³-hybridized carbons (Fsp3) is 0.520. The summed E-state index contributed by atoms with van der Waals surface area (Å²) in [5.41, 5.74) is -2.16. The van der Waals surface area contributed by atoms with Crippen LogP contribution in [0.5, 0.6) is 5.75 Å². The standard InChI is InChI=1S/C25H34N3O9PS/c1-5-6-13-25(33)21(30)19(36-23(25)28-14-12-20(29)26-24(28)32)15-34-38(39,37-18-10-8-7-9-11-18)27-17(4)22(31)35-16(2)3/h7-12,14,16-17,19,21,23-24,30,32-33H,5,15H2,1-4H3,(H,26,29)(H,27,39)/t17?,19-,21-,23-,24?,25-,38?/m1/s1. The summed E-state index contributed by atoms with van der Waals surface area (Å²) in [6, 6.07) is 7.70. The molecule has 214 valence electrons. The largest absolute Gasteiger partial charge is 0.462 e.